The van der Waals surface area contributed by atoms with Crippen LogP contribution in [0.15, 0.2) is 0 Å². The molecule has 0 spiro atoms. The van der Waals surface area contributed by atoms with Gasteiger partial charge in [-0.15, -0.1) is 0 Å². The van der Waals surface area contributed by atoms with Gasteiger partial charge >= 0.3 is 9.28 Å². The lowest BCUT2D eigenvalue weighted by Crippen LogP contribution is -2.74. The van der Waals surface area contributed by atoms with Gasteiger partial charge in [0.1, 0.15) is 16.5 Å². The standard InChI is InChI=1S/C20H49NO2Si3/c1-14-17-18(24(22-15-2)23-16-3)21(25(10,11)19(4,5)6)26(12,13)20(7,8)9/h18,24H,14-17H2,1-13H3. The molecule has 3 nitrogen and oxygen atoms in total. The molecule has 0 radical (unpaired) electrons. The van der Waals surface area contributed by atoms with Crippen molar-refractivity contribution in [2.24, 2.45) is 0 Å². The second-order valence-corrected chi connectivity index (χ2v) is 23.4. The van der Waals surface area contributed by atoms with Crippen molar-refractivity contribution in [1.82, 2.24) is 4.23 Å². The lowest BCUT2D eigenvalue weighted by molar-refractivity contribution is 0.189. The van der Waals surface area contributed by atoms with E-state index in [2.05, 4.69) is 92.7 Å². The Bertz CT molecular complexity index is 382. The van der Waals surface area contributed by atoms with E-state index in [1.165, 1.54) is 12.8 Å². The average Bonchev–Trinajstić information content (AvgIpc) is 2.43. The Kier molecular flexibility index (Phi) is 10.0. The highest BCUT2D eigenvalue weighted by Crippen LogP contribution is 2.48. The summed E-state index contributed by atoms with van der Waals surface area (Å²) < 4.78 is 15.7. The number of nitrogens with zero attached hydrogens (tertiary/aromatic N) is 1. The van der Waals surface area contributed by atoms with Crippen molar-refractivity contribution in [2.45, 2.75) is 117 Å². The van der Waals surface area contributed by atoms with E-state index < -0.39 is 25.8 Å². The number of hydrogen-bond donors (Lipinski definition) is 0. The predicted octanol–water partition coefficient (Wildman–Crippen LogP) is 6.30. The molecule has 26 heavy (non-hydrogen) atoms. The van der Waals surface area contributed by atoms with Gasteiger partial charge in [-0.2, -0.15) is 0 Å². The molecule has 0 fully saturated rings. The molecule has 1 unspecified atom stereocenters. The molecule has 0 aromatic heterocycles. The van der Waals surface area contributed by atoms with Gasteiger partial charge in [0.05, 0.1) is 0 Å². The smallest absolute Gasteiger partial charge is 0.337 e. The minimum absolute atomic E-state index is 0.311. The summed E-state index contributed by atoms with van der Waals surface area (Å²) in [5.41, 5.74) is 0.474. The van der Waals surface area contributed by atoms with E-state index in [4.69, 9.17) is 8.85 Å². The van der Waals surface area contributed by atoms with Crippen molar-refractivity contribution in [3.05, 3.63) is 0 Å². The van der Waals surface area contributed by atoms with Gasteiger partial charge in [0.15, 0.2) is 0 Å². The van der Waals surface area contributed by atoms with E-state index in [1.54, 1.807) is 0 Å². The molecular weight excluding hydrogens is 370 g/mol. The summed E-state index contributed by atoms with van der Waals surface area (Å²) in [5.74, 6) is 0. The summed E-state index contributed by atoms with van der Waals surface area (Å²) in [6.07, 6.45) is 2.38. The van der Waals surface area contributed by atoms with Gasteiger partial charge in [0, 0.05) is 18.9 Å². The fourth-order valence-electron chi connectivity index (χ4n) is 3.53. The third-order valence-electron chi connectivity index (χ3n) is 6.77. The summed E-state index contributed by atoms with van der Waals surface area (Å²) in [6.45, 7) is 33.1. The molecule has 0 heterocycles. The monoisotopic (exact) mass is 419 g/mol. The van der Waals surface area contributed by atoms with Crippen molar-refractivity contribution < 1.29 is 8.85 Å². The number of rotatable bonds is 10. The topological polar surface area (TPSA) is 21.7 Å². The van der Waals surface area contributed by atoms with Crippen LogP contribution in [0.5, 0.6) is 0 Å². The van der Waals surface area contributed by atoms with E-state index in [1.807, 2.05) is 0 Å². The predicted molar refractivity (Wildman–Crippen MR) is 125 cm³/mol. The lowest BCUT2D eigenvalue weighted by Gasteiger charge is -2.60. The minimum atomic E-state index is -1.77. The van der Waals surface area contributed by atoms with E-state index in [9.17, 15) is 0 Å². The minimum Gasteiger partial charge on any atom is -0.396 e. The molecule has 0 aliphatic heterocycles. The first-order chi connectivity index (χ1) is 11.6. The zero-order valence-electron chi connectivity index (χ0n) is 20.2. The first kappa shape index (κ1) is 26.5. The Labute approximate surface area is 169 Å². The van der Waals surface area contributed by atoms with E-state index >= 15 is 0 Å². The molecule has 0 aromatic carbocycles. The highest BCUT2D eigenvalue weighted by Gasteiger charge is 2.55. The van der Waals surface area contributed by atoms with Crippen LogP contribution in [0.3, 0.4) is 0 Å². The molecule has 0 aliphatic carbocycles. The van der Waals surface area contributed by atoms with Gasteiger partial charge in [-0.3, -0.25) is 0 Å². The Balaban J connectivity index is 6.48. The summed E-state index contributed by atoms with van der Waals surface area (Å²) in [5, 5.41) is 0.623. The van der Waals surface area contributed by atoms with Crippen LogP contribution in [0.4, 0.5) is 0 Å². The zero-order chi connectivity index (χ0) is 21.0. The van der Waals surface area contributed by atoms with Crippen molar-refractivity contribution >= 4 is 25.8 Å². The lowest BCUT2D eigenvalue weighted by atomic mass is 10.2. The van der Waals surface area contributed by atoms with Crippen LogP contribution in [-0.4, -0.2) is 48.9 Å². The molecule has 0 rings (SSSR count). The molecule has 158 valence electrons. The van der Waals surface area contributed by atoms with Crippen LogP contribution in [0.2, 0.25) is 36.3 Å². The van der Waals surface area contributed by atoms with Gasteiger partial charge in [-0.1, -0.05) is 81.1 Å². The van der Waals surface area contributed by atoms with Crippen LogP contribution < -0.4 is 0 Å². The fourth-order valence-corrected chi connectivity index (χ4v) is 19.5. The third-order valence-corrected chi connectivity index (χ3v) is 23.7. The maximum atomic E-state index is 6.31. The van der Waals surface area contributed by atoms with Gasteiger partial charge < -0.3 is 13.1 Å². The summed E-state index contributed by atoms with van der Waals surface area (Å²) >= 11 is 0. The van der Waals surface area contributed by atoms with Crippen LogP contribution in [0, 0.1) is 0 Å². The van der Waals surface area contributed by atoms with Crippen molar-refractivity contribution in [3.63, 3.8) is 0 Å². The summed E-state index contributed by atoms with van der Waals surface area (Å²) in [6, 6.07) is 0. The first-order valence-corrected chi connectivity index (χ1v) is 18.1. The molecule has 0 aliphatic rings. The Hall–Kier alpha value is 0.531. The molecular formula is C20H49NO2Si3. The van der Waals surface area contributed by atoms with Crippen molar-refractivity contribution in [2.75, 3.05) is 13.2 Å². The summed E-state index contributed by atoms with van der Waals surface area (Å²) in [7, 11) is -5.23. The van der Waals surface area contributed by atoms with E-state index in [0.29, 0.717) is 15.7 Å². The molecule has 1 atom stereocenters. The fraction of sp³-hybridized carbons (Fsp3) is 1.00. The first-order valence-electron chi connectivity index (χ1n) is 10.6. The zero-order valence-corrected chi connectivity index (χ0v) is 23.4. The normalized spacial score (nSPS) is 15.8. The second-order valence-electron chi connectivity index (χ2n) is 10.6. The van der Waals surface area contributed by atoms with Crippen molar-refractivity contribution in [3.8, 4) is 0 Å². The molecule has 0 bridgehead atoms. The molecule has 0 amide bonds. The van der Waals surface area contributed by atoms with Gasteiger partial charge in [-0.25, -0.2) is 0 Å². The average molecular weight is 420 g/mol. The molecule has 0 saturated carbocycles. The number of hydrogen-bond acceptors (Lipinski definition) is 3. The summed E-state index contributed by atoms with van der Waals surface area (Å²) in [4.78, 5) is 0. The van der Waals surface area contributed by atoms with Gasteiger partial charge in [-0.05, 0) is 30.3 Å². The van der Waals surface area contributed by atoms with Gasteiger partial charge in [0.2, 0.25) is 0 Å². The molecule has 0 N–H and O–H groups in total. The molecule has 0 saturated heterocycles. The third kappa shape index (κ3) is 6.01. The maximum Gasteiger partial charge on any atom is 0.337 e. The maximum absolute atomic E-state index is 6.31. The SMILES string of the molecule is CCCC(N([Si](C)(C)C(C)(C)C)[Si](C)(C)C(C)(C)C)[SiH](OCC)OCC. The van der Waals surface area contributed by atoms with Gasteiger partial charge in [0.25, 0.3) is 0 Å². The quantitative estimate of drug-likeness (QED) is 0.388. The van der Waals surface area contributed by atoms with Crippen LogP contribution in [0.1, 0.15) is 75.2 Å². The Morgan fingerprint density at radius 1 is 0.769 bits per heavy atom. The highest BCUT2D eigenvalue weighted by atomic mass is 28.4. The van der Waals surface area contributed by atoms with Crippen molar-refractivity contribution in [1.29, 1.82) is 0 Å². The Morgan fingerprint density at radius 2 is 1.12 bits per heavy atom. The second kappa shape index (κ2) is 9.83. The molecule has 0 aromatic rings. The highest BCUT2D eigenvalue weighted by molar-refractivity contribution is 6.94. The van der Waals surface area contributed by atoms with E-state index in [-0.39, 0.29) is 0 Å². The van der Waals surface area contributed by atoms with E-state index in [0.717, 1.165) is 13.2 Å². The van der Waals surface area contributed by atoms with Crippen LogP contribution >= 0.6 is 0 Å². The van der Waals surface area contributed by atoms with Crippen LogP contribution in [0.25, 0.3) is 0 Å². The largest absolute Gasteiger partial charge is 0.396 e. The molecule has 6 heteroatoms. The Morgan fingerprint density at radius 3 is 1.35 bits per heavy atom. The van der Waals surface area contributed by atoms with Crippen LogP contribution in [-0.2, 0) is 8.85 Å².